The summed E-state index contributed by atoms with van der Waals surface area (Å²) in [6, 6.07) is 9.35. The van der Waals surface area contributed by atoms with Gasteiger partial charge in [-0.05, 0) is 31.9 Å². The van der Waals surface area contributed by atoms with Crippen LogP contribution in [0.15, 0.2) is 24.3 Å². The molecule has 2 fully saturated rings. The zero-order chi connectivity index (χ0) is 16.8. The molecular weight excluding hydrogens is 302 g/mol. The van der Waals surface area contributed by atoms with Gasteiger partial charge in [0.25, 0.3) is 0 Å². The molecule has 3 rings (SSSR count). The third kappa shape index (κ3) is 4.85. The number of morpholine rings is 1. The predicted octanol–water partition coefficient (Wildman–Crippen LogP) is 2.29. The molecule has 1 atom stereocenters. The smallest absolute Gasteiger partial charge is 0.120 e. The summed E-state index contributed by atoms with van der Waals surface area (Å²) in [5.41, 5.74) is 1.16. The van der Waals surface area contributed by atoms with Crippen LogP contribution in [0.1, 0.15) is 19.8 Å². The van der Waals surface area contributed by atoms with Gasteiger partial charge in [0.2, 0.25) is 0 Å². The van der Waals surface area contributed by atoms with Crippen molar-refractivity contribution in [2.45, 2.75) is 31.8 Å². The number of likely N-dealkylation sites (tertiary alicyclic amines) is 1. The predicted molar refractivity (Wildman–Crippen MR) is 97.9 cm³/mol. The molecule has 5 heteroatoms. The van der Waals surface area contributed by atoms with E-state index >= 15 is 0 Å². The van der Waals surface area contributed by atoms with Crippen molar-refractivity contribution < 1.29 is 9.47 Å². The minimum Gasteiger partial charge on any atom is -0.497 e. The summed E-state index contributed by atoms with van der Waals surface area (Å²) in [5.74, 6) is 0.914. The number of piperidine rings is 1. The molecule has 0 aromatic heterocycles. The summed E-state index contributed by atoms with van der Waals surface area (Å²) in [7, 11) is 1.72. The van der Waals surface area contributed by atoms with Crippen LogP contribution in [0.3, 0.4) is 0 Å². The SMILES string of the molecule is COc1cccc(NC2CCN(CCN3CCOC[C@@H]3C)CC2)c1. The number of rotatable bonds is 6. The number of hydrogen-bond acceptors (Lipinski definition) is 5. The lowest BCUT2D eigenvalue weighted by atomic mass is 10.0. The average molecular weight is 333 g/mol. The Labute approximate surface area is 145 Å². The maximum Gasteiger partial charge on any atom is 0.120 e. The Morgan fingerprint density at radius 3 is 2.79 bits per heavy atom. The van der Waals surface area contributed by atoms with Crippen molar-refractivity contribution in [2.24, 2.45) is 0 Å². The molecule has 2 heterocycles. The van der Waals surface area contributed by atoms with Gasteiger partial charge in [-0.1, -0.05) is 6.07 Å². The summed E-state index contributed by atoms with van der Waals surface area (Å²) in [6.07, 6.45) is 2.41. The van der Waals surface area contributed by atoms with Crippen LogP contribution in [0.25, 0.3) is 0 Å². The molecule has 0 spiro atoms. The van der Waals surface area contributed by atoms with Crippen LogP contribution in [0.4, 0.5) is 5.69 Å². The summed E-state index contributed by atoms with van der Waals surface area (Å²) in [4.78, 5) is 5.16. The van der Waals surface area contributed by atoms with Crippen molar-refractivity contribution in [1.29, 1.82) is 0 Å². The topological polar surface area (TPSA) is 37.0 Å². The van der Waals surface area contributed by atoms with E-state index in [9.17, 15) is 0 Å². The molecule has 0 amide bonds. The van der Waals surface area contributed by atoms with E-state index in [1.54, 1.807) is 7.11 Å². The number of methoxy groups -OCH3 is 1. The fourth-order valence-corrected chi connectivity index (χ4v) is 3.61. The van der Waals surface area contributed by atoms with E-state index < -0.39 is 0 Å². The van der Waals surface area contributed by atoms with Crippen molar-refractivity contribution in [2.75, 3.05) is 58.4 Å². The van der Waals surface area contributed by atoms with E-state index in [1.165, 1.54) is 39.0 Å². The van der Waals surface area contributed by atoms with Gasteiger partial charge in [-0.25, -0.2) is 0 Å². The summed E-state index contributed by atoms with van der Waals surface area (Å²) < 4.78 is 10.8. The van der Waals surface area contributed by atoms with Crippen LogP contribution < -0.4 is 10.1 Å². The first-order chi connectivity index (χ1) is 11.7. The van der Waals surface area contributed by atoms with Crippen molar-refractivity contribution in [1.82, 2.24) is 9.80 Å². The van der Waals surface area contributed by atoms with E-state index in [1.807, 2.05) is 12.1 Å². The van der Waals surface area contributed by atoms with Gasteiger partial charge in [-0.2, -0.15) is 0 Å². The minimum atomic E-state index is 0.561. The molecule has 1 aromatic rings. The van der Waals surface area contributed by atoms with Gasteiger partial charge in [0.1, 0.15) is 5.75 Å². The number of anilines is 1. The van der Waals surface area contributed by atoms with Crippen molar-refractivity contribution >= 4 is 5.69 Å². The zero-order valence-corrected chi connectivity index (χ0v) is 15.0. The number of nitrogens with one attached hydrogen (secondary N) is 1. The Morgan fingerprint density at radius 1 is 1.21 bits per heavy atom. The van der Waals surface area contributed by atoms with Crippen molar-refractivity contribution in [3.05, 3.63) is 24.3 Å². The molecule has 24 heavy (non-hydrogen) atoms. The zero-order valence-electron chi connectivity index (χ0n) is 15.0. The van der Waals surface area contributed by atoms with Gasteiger partial charge in [0.05, 0.1) is 20.3 Å². The number of ether oxygens (including phenoxy) is 2. The standard InChI is InChI=1S/C19H31N3O2/c1-16-15-24-13-12-22(16)11-10-21-8-6-17(7-9-21)20-18-4-3-5-19(14-18)23-2/h3-5,14,16-17,20H,6-13,15H2,1-2H3/t16-/m0/s1. The van der Waals surface area contributed by atoms with Gasteiger partial charge < -0.3 is 19.7 Å². The van der Waals surface area contributed by atoms with Crippen LogP contribution in [0.2, 0.25) is 0 Å². The number of benzene rings is 1. The second kappa shape index (κ2) is 8.70. The quantitative estimate of drug-likeness (QED) is 0.864. The summed E-state index contributed by atoms with van der Waals surface area (Å²) >= 11 is 0. The largest absolute Gasteiger partial charge is 0.497 e. The molecule has 1 aromatic carbocycles. The highest BCUT2D eigenvalue weighted by Gasteiger charge is 2.22. The molecule has 134 valence electrons. The molecule has 0 aliphatic carbocycles. The Morgan fingerprint density at radius 2 is 2.04 bits per heavy atom. The molecule has 2 aliphatic heterocycles. The molecular formula is C19H31N3O2. The third-order valence-corrected chi connectivity index (χ3v) is 5.24. The third-order valence-electron chi connectivity index (χ3n) is 5.24. The maximum atomic E-state index is 5.52. The monoisotopic (exact) mass is 333 g/mol. The van der Waals surface area contributed by atoms with Crippen molar-refractivity contribution in [3.63, 3.8) is 0 Å². The molecule has 0 bridgehead atoms. The first-order valence-corrected chi connectivity index (χ1v) is 9.19. The molecule has 0 saturated carbocycles. The number of nitrogens with zero attached hydrogens (tertiary/aromatic N) is 2. The Kier molecular flexibility index (Phi) is 6.35. The van der Waals surface area contributed by atoms with Crippen LogP contribution in [0.5, 0.6) is 5.75 Å². The van der Waals surface area contributed by atoms with Crippen LogP contribution >= 0.6 is 0 Å². The fourth-order valence-electron chi connectivity index (χ4n) is 3.61. The Balaban J connectivity index is 1.39. The highest BCUT2D eigenvalue weighted by molar-refractivity contribution is 5.48. The second-order valence-corrected chi connectivity index (χ2v) is 6.95. The van der Waals surface area contributed by atoms with E-state index in [2.05, 4.69) is 34.2 Å². The van der Waals surface area contributed by atoms with Gasteiger partial charge in [-0.15, -0.1) is 0 Å². The van der Waals surface area contributed by atoms with Crippen LogP contribution in [0, 0.1) is 0 Å². The minimum absolute atomic E-state index is 0.561. The van der Waals surface area contributed by atoms with E-state index in [4.69, 9.17) is 9.47 Å². The van der Waals surface area contributed by atoms with Crippen LogP contribution in [-0.2, 0) is 4.74 Å². The maximum absolute atomic E-state index is 5.52. The summed E-state index contributed by atoms with van der Waals surface area (Å²) in [6.45, 7) is 9.82. The molecule has 0 radical (unpaired) electrons. The lowest BCUT2D eigenvalue weighted by Crippen LogP contribution is -2.48. The second-order valence-electron chi connectivity index (χ2n) is 6.95. The molecule has 1 N–H and O–H groups in total. The van der Waals surface area contributed by atoms with Gasteiger partial charge in [-0.3, -0.25) is 4.90 Å². The van der Waals surface area contributed by atoms with E-state index in [0.717, 1.165) is 31.2 Å². The fraction of sp³-hybridized carbons (Fsp3) is 0.684. The average Bonchev–Trinajstić information content (AvgIpc) is 2.62. The molecule has 5 nitrogen and oxygen atoms in total. The number of hydrogen-bond donors (Lipinski definition) is 1. The van der Waals surface area contributed by atoms with E-state index in [0.29, 0.717) is 12.1 Å². The lowest BCUT2D eigenvalue weighted by Gasteiger charge is -2.37. The first kappa shape index (κ1) is 17.5. The highest BCUT2D eigenvalue weighted by atomic mass is 16.5. The Hall–Kier alpha value is -1.30. The molecule has 2 aliphatic rings. The van der Waals surface area contributed by atoms with E-state index in [-0.39, 0.29) is 0 Å². The molecule has 2 saturated heterocycles. The van der Waals surface area contributed by atoms with Gasteiger partial charge >= 0.3 is 0 Å². The van der Waals surface area contributed by atoms with Crippen LogP contribution in [-0.4, -0.2) is 74.9 Å². The first-order valence-electron chi connectivity index (χ1n) is 9.19. The van der Waals surface area contributed by atoms with Gasteiger partial charge in [0.15, 0.2) is 0 Å². The normalized spacial score (nSPS) is 24.0. The van der Waals surface area contributed by atoms with Crippen molar-refractivity contribution in [3.8, 4) is 5.75 Å². The van der Waals surface area contributed by atoms with Gasteiger partial charge in [0, 0.05) is 56.6 Å². The lowest BCUT2D eigenvalue weighted by molar-refractivity contribution is -0.00476. The highest BCUT2D eigenvalue weighted by Crippen LogP contribution is 2.21. The Bertz CT molecular complexity index is 503. The molecule has 0 unspecified atom stereocenters. The summed E-state index contributed by atoms with van der Waals surface area (Å²) in [5, 5.41) is 3.66.